The summed E-state index contributed by atoms with van der Waals surface area (Å²) in [5.74, 6) is -1.19. The molecule has 0 saturated carbocycles. The molecule has 2 rings (SSSR count). The number of fused-ring (bicyclic) bond motifs is 1. The van der Waals surface area contributed by atoms with Gasteiger partial charge in [-0.1, -0.05) is 0 Å². The van der Waals surface area contributed by atoms with E-state index >= 15 is 0 Å². The van der Waals surface area contributed by atoms with Gasteiger partial charge in [-0.25, -0.2) is 9.59 Å². The third-order valence-corrected chi connectivity index (χ3v) is 4.06. The number of hydrogen-bond donors (Lipinski definition) is 3. The summed E-state index contributed by atoms with van der Waals surface area (Å²) in [5, 5.41) is 19.2. The first-order valence-electron chi connectivity index (χ1n) is 4.80. The topological polar surface area (TPSA) is 107 Å². The maximum atomic E-state index is 11.7. The van der Waals surface area contributed by atoms with E-state index in [-0.39, 0.29) is 5.70 Å². The molecule has 0 aromatic heterocycles. The van der Waals surface area contributed by atoms with Crippen LogP contribution in [-0.2, 0) is 9.59 Å². The zero-order valence-corrected chi connectivity index (χ0v) is 9.65. The lowest BCUT2D eigenvalue weighted by molar-refractivity contribution is -0.148. The molecule has 2 heterocycles. The van der Waals surface area contributed by atoms with Crippen molar-refractivity contribution in [2.75, 3.05) is 5.75 Å². The monoisotopic (exact) mass is 258 g/mol. The predicted octanol–water partition coefficient (Wildman–Crippen LogP) is -0.104. The Labute approximate surface area is 100 Å². The Bertz CT molecular complexity index is 447. The number of β-lactam (4-membered cyclic amide) rings is 1. The Morgan fingerprint density at radius 3 is 2.65 bits per heavy atom. The molecule has 2 amide bonds. The van der Waals surface area contributed by atoms with E-state index in [4.69, 9.17) is 10.2 Å². The Hall–Kier alpha value is -1.70. The van der Waals surface area contributed by atoms with Gasteiger partial charge in [-0.3, -0.25) is 9.69 Å². The molecule has 2 atom stereocenters. The van der Waals surface area contributed by atoms with Gasteiger partial charge in [-0.05, 0) is 12.5 Å². The number of amides is 2. The van der Waals surface area contributed by atoms with Gasteiger partial charge >= 0.3 is 12.1 Å². The summed E-state index contributed by atoms with van der Waals surface area (Å²) in [6.45, 7) is 1.65. The SMILES string of the molecule is CC1=C(C(=O)O)N2C(=O)[C@@H](NC(=O)O)[C@H]2SC1. The van der Waals surface area contributed by atoms with E-state index in [9.17, 15) is 14.4 Å². The molecule has 7 nitrogen and oxygen atoms in total. The van der Waals surface area contributed by atoms with Crippen LogP contribution < -0.4 is 5.32 Å². The number of nitrogens with one attached hydrogen (secondary N) is 1. The van der Waals surface area contributed by atoms with Gasteiger partial charge in [0.05, 0.1) is 0 Å². The highest BCUT2D eigenvalue weighted by atomic mass is 32.2. The maximum Gasteiger partial charge on any atom is 0.405 e. The summed E-state index contributed by atoms with van der Waals surface area (Å²) < 4.78 is 0. The van der Waals surface area contributed by atoms with Crippen LogP contribution in [0.4, 0.5) is 4.79 Å². The first-order chi connectivity index (χ1) is 7.93. The molecule has 2 aliphatic rings. The highest BCUT2D eigenvalue weighted by molar-refractivity contribution is 8.00. The van der Waals surface area contributed by atoms with Crippen molar-refractivity contribution in [3.05, 3.63) is 11.3 Å². The van der Waals surface area contributed by atoms with Gasteiger partial charge in [0.2, 0.25) is 0 Å². The number of carbonyl (C=O) groups excluding carboxylic acids is 1. The molecule has 1 fully saturated rings. The molecule has 1 saturated heterocycles. The Morgan fingerprint density at radius 2 is 2.12 bits per heavy atom. The van der Waals surface area contributed by atoms with Crippen LogP contribution in [0.5, 0.6) is 0 Å². The highest BCUT2D eigenvalue weighted by Crippen LogP contribution is 2.39. The molecule has 0 radical (unpaired) electrons. The third kappa shape index (κ3) is 1.74. The average Bonchev–Trinajstić information content (AvgIpc) is 2.24. The van der Waals surface area contributed by atoms with E-state index in [2.05, 4.69) is 5.32 Å². The lowest BCUT2D eigenvalue weighted by Gasteiger charge is -2.48. The van der Waals surface area contributed by atoms with Crippen LogP contribution in [0.2, 0.25) is 0 Å². The van der Waals surface area contributed by atoms with E-state index in [1.807, 2.05) is 0 Å². The van der Waals surface area contributed by atoms with Crippen LogP contribution in [0.1, 0.15) is 6.92 Å². The number of thioether (sulfide) groups is 1. The van der Waals surface area contributed by atoms with Gasteiger partial charge in [0.25, 0.3) is 5.91 Å². The number of carbonyl (C=O) groups is 3. The molecule has 17 heavy (non-hydrogen) atoms. The zero-order valence-electron chi connectivity index (χ0n) is 8.84. The average molecular weight is 258 g/mol. The summed E-state index contributed by atoms with van der Waals surface area (Å²) in [5.41, 5.74) is 0.586. The molecule has 0 aromatic rings. The number of hydrogen-bond acceptors (Lipinski definition) is 4. The molecule has 0 aromatic carbocycles. The zero-order chi connectivity index (χ0) is 12.7. The maximum absolute atomic E-state index is 11.7. The fraction of sp³-hybridized carbons (Fsp3) is 0.444. The molecule has 8 heteroatoms. The summed E-state index contributed by atoms with van der Waals surface area (Å²) in [6, 6.07) is -0.847. The molecule has 0 aliphatic carbocycles. The molecule has 3 N–H and O–H groups in total. The summed E-state index contributed by atoms with van der Waals surface area (Å²) in [7, 11) is 0. The highest BCUT2D eigenvalue weighted by Gasteiger charge is 2.53. The standard InChI is InChI=1S/C9H10N2O5S/c1-3-2-17-7-4(10-9(15)16)6(12)11(7)5(3)8(13)14/h4,7,10H,2H2,1H3,(H,13,14)(H,15,16)/t4-,7-/m1/s1. The van der Waals surface area contributed by atoms with Crippen LogP contribution >= 0.6 is 11.8 Å². The molecule has 2 aliphatic heterocycles. The lowest BCUT2D eigenvalue weighted by atomic mass is 10.0. The predicted molar refractivity (Wildman–Crippen MR) is 58.4 cm³/mol. The van der Waals surface area contributed by atoms with Crippen LogP contribution in [0.15, 0.2) is 11.3 Å². The minimum Gasteiger partial charge on any atom is -0.477 e. The number of carboxylic acids is 1. The fourth-order valence-electron chi connectivity index (χ4n) is 1.91. The van der Waals surface area contributed by atoms with Gasteiger partial charge < -0.3 is 15.5 Å². The second kappa shape index (κ2) is 3.95. The third-order valence-electron chi connectivity index (χ3n) is 2.64. The summed E-state index contributed by atoms with van der Waals surface area (Å²) >= 11 is 1.35. The summed E-state index contributed by atoms with van der Waals surface area (Å²) in [6.07, 6.45) is -1.29. The first kappa shape index (κ1) is 11.8. The van der Waals surface area contributed by atoms with E-state index in [0.717, 1.165) is 4.90 Å². The Balaban J connectivity index is 2.24. The fourth-order valence-corrected chi connectivity index (χ4v) is 3.20. The number of carboxylic acid groups (broad SMARTS) is 2. The van der Waals surface area contributed by atoms with E-state index in [0.29, 0.717) is 11.3 Å². The van der Waals surface area contributed by atoms with Crippen molar-refractivity contribution in [2.45, 2.75) is 18.3 Å². The van der Waals surface area contributed by atoms with Crippen LogP contribution in [-0.4, -0.2) is 50.3 Å². The van der Waals surface area contributed by atoms with Crippen molar-refractivity contribution in [3.63, 3.8) is 0 Å². The molecule has 0 spiro atoms. The van der Waals surface area contributed by atoms with Crippen LogP contribution in [0, 0.1) is 0 Å². The van der Waals surface area contributed by atoms with Crippen LogP contribution in [0.25, 0.3) is 0 Å². The van der Waals surface area contributed by atoms with Crippen molar-refractivity contribution in [2.24, 2.45) is 0 Å². The van der Waals surface area contributed by atoms with Crippen molar-refractivity contribution >= 4 is 29.7 Å². The van der Waals surface area contributed by atoms with Gasteiger partial charge in [0, 0.05) is 5.75 Å². The minimum absolute atomic E-state index is 0.0258. The van der Waals surface area contributed by atoms with Gasteiger partial charge in [0.1, 0.15) is 17.1 Å². The molecular formula is C9H10N2O5S. The Morgan fingerprint density at radius 1 is 1.47 bits per heavy atom. The van der Waals surface area contributed by atoms with Crippen molar-refractivity contribution < 1.29 is 24.6 Å². The van der Waals surface area contributed by atoms with Crippen LogP contribution in [0.3, 0.4) is 0 Å². The van der Waals surface area contributed by atoms with Crippen molar-refractivity contribution in [3.8, 4) is 0 Å². The molecular weight excluding hydrogens is 248 g/mol. The molecule has 0 bridgehead atoms. The number of rotatable bonds is 2. The van der Waals surface area contributed by atoms with Crippen molar-refractivity contribution in [1.29, 1.82) is 0 Å². The lowest BCUT2D eigenvalue weighted by Crippen LogP contribution is -2.70. The summed E-state index contributed by atoms with van der Waals surface area (Å²) in [4.78, 5) is 34.3. The minimum atomic E-state index is -1.29. The second-order valence-corrected chi connectivity index (χ2v) is 4.88. The first-order valence-corrected chi connectivity index (χ1v) is 5.85. The second-order valence-electron chi connectivity index (χ2n) is 3.77. The van der Waals surface area contributed by atoms with Gasteiger partial charge in [0.15, 0.2) is 0 Å². The molecule has 92 valence electrons. The van der Waals surface area contributed by atoms with Crippen molar-refractivity contribution in [1.82, 2.24) is 10.2 Å². The quantitative estimate of drug-likeness (QED) is 0.597. The number of aliphatic carboxylic acids is 1. The largest absolute Gasteiger partial charge is 0.477 e. The smallest absolute Gasteiger partial charge is 0.405 e. The van der Waals surface area contributed by atoms with Gasteiger partial charge in [-0.2, -0.15) is 0 Å². The van der Waals surface area contributed by atoms with E-state index < -0.39 is 29.4 Å². The van der Waals surface area contributed by atoms with E-state index in [1.165, 1.54) is 11.8 Å². The normalized spacial score (nSPS) is 27.4. The number of nitrogens with zero attached hydrogens (tertiary/aromatic N) is 1. The Kier molecular flexibility index (Phi) is 2.74. The molecule has 0 unspecified atom stereocenters. The van der Waals surface area contributed by atoms with Gasteiger partial charge in [-0.15, -0.1) is 11.8 Å². The van der Waals surface area contributed by atoms with E-state index in [1.54, 1.807) is 6.92 Å².